The summed E-state index contributed by atoms with van der Waals surface area (Å²) in [4.78, 5) is 4.62. The van der Waals surface area contributed by atoms with E-state index < -0.39 is 0 Å². The van der Waals surface area contributed by atoms with Gasteiger partial charge in [0.25, 0.3) is 0 Å². The van der Waals surface area contributed by atoms with Gasteiger partial charge in [-0.25, -0.2) is 0 Å². The van der Waals surface area contributed by atoms with Crippen molar-refractivity contribution in [2.45, 2.75) is 46.5 Å². The second-order valence-electron chi connectivity index (χ2n) is 7.98. The van der Waals surface area contributed by atoms with E-state index in [1.807, 2.05) is 13.0 Å². The molecule has 0 atom stereocenters. The van der Waals surface area contributed by atoms with Gasteiger partial charge < -0.3 is 11.1 Å². The Morgan fingerprint density at radius 2 is 1.53 bits per heavy atom. The zero-order chi connectivity index (χ0) is 22.8. The molecule has 0 saturated carbocycles. The maximum absolute atomic E-state index is 6.59. The average molecular weight is 426 g/mol. The third-order valence-corrected chi connectivity index (χ3v) is 5.67. The van der Waals surface area contributed by atoms with Gasteiger partial charge in [-0.1, -0.05) is 80.9 Å². The van der Waals surface area contributed by atoms with Gasteiger partial charge in [0.15, 0.2) is 0 Å². The molecule has 0 fully saturated rings. The molecular weight excluding hydrogens is 390 g/mol. The van der Waals surface area contributed by atoms with Crippen LogP contribution in [0.4, 0.5) is 5.69 Å². The molecule has 166 valence electrons. The highest BCUT2D eigenvalue weighted by Crippen LogP contribution is 2.27. The molecule has 0 unspecified atom stereocenters. The van der Waals surface area contributed by atoms with Crippen molar-refractivity contribution in [3.05, 3.63) is 101 Å². The van der Waals surface area contributed by atoms with E-state index in [2.05, 4.69) is 90.9 Å². The summed E-state index contributed by atoms with van der Waals surface area (Å²) in [6.45, 7) is 7.19. The van der Waals surface area contributed by atoms with Crippen LogP contribution in [0.3, 0.4) is 0 Å². The Balaban J connectivity index is 1.69. The third kappa shape index (κ3) is 6.10. The van der Waals surface area contributed by atoms with Crippen molar-refractivity contribution in [1.82, 2.24) is 0 Å². The van der Waals surface area contributed by atoms with Crippen LogP contribution in [0.2, 0.25) is 0 Å². The highest BCUT2D eigenvalue weighted by Gasteiger charge is 2.11. The van der Waals surface area contributed by atoms with E-state index in [9.17, 15) is 0 Å². The first-order valence-corrected chi connectivity index (χ1v) is 11.6. The Morgan fingerprint density at radius 1 is 0.875 bits per heavy atom. The second kappa shape index (κ2) is 11.9. The number of aryl methyl sites for hydroxylation is 2. The minimum Gasteiger partial charge on any atom is -0.396 e. The van der Waals surface area contributed by atoms with Crippen LogP contribution in [0, 0.1) is 0 Å². The van der Waals surface area contributed by atoms with Gasteiger partial charge in [-0.3, -0.25) is 4.99 Å². The Labute approximate surface area is 193 Å². The molecule has 32 heavy (non-hydrogen) atoms. The van der Waals surface area contributed by atoms with Gasteiger partial charge in [0.2, 0.25) is 0 Å². The van der Waals surface area contributed by atoms with Crippen LogP contribution >= 0.6 is 0 Å². The number of anilines is 1. The molecule has 0 saturated heterocycles. The number of nitrogens with zero attached hydrogens (tertiary/aromatic N) is 1. The number of rotatable bonds is 10. The normalized spacial score (nSPS) is 12.1. The molecule has 3 heteroatoms. The Bertz CT molecular complexity index is 1040. The van der Waals surface area contributed by atoms with Crippen LogP contribution in [-0.4, -0.2) is 12.8 Å². The number of hydrogen-bond donors (Lipinski definition) is 2. The van der Waals surface area contributed by atoms with Crippen molar-refractivity contribution in [2.24, 2.45) is 10.7 Å². The van der Waals surface area contributed by atoms with E-state index in [1.54, 1.807) is 6.21 Å². The van der Waals surface area contributed by atoms with Gasteiger partial charge >= 0.3 is 0 Å². The number of nitrogens with two attached hydrogens (primary N) is 1. The fourth-order valence-electron chi connectivity index (χ4n) is 3.89. The molecule has 3 aromatic rings. The summed E-state index contributed by atoms with van der Waals surface area (Å²) in [6.07, 6.45) is 6.08. The molecule has 0 heterocycles. The molecule has 0 aromatic heterocycles. The number of benzene rings is 3. The van der Waals surface area contributed by atoms with E-state index in [0.717, 1.165) is 48.3 Å². The summed E-state index contributed by atoms with van der Waals surface area (Å²) >= 11 is 0. The minimum absolute atomic E-state index is 0.697. The van der Waals surface area contributed by atoms with E-state index in [0.29, 0.717) is 5.70 Å². The Kier molecular flexibility index (Phi) is 8.68. The van der Waals surface area contributed by atoms with Crippen LogP contribution in [-0.2, 0) is 19.3 Å². The predicted molar refractivity (Wildman–Crippen MR) is 140 cm³/mol. The molecule has 3 aromatic carbocycles. The topological polar surface area (TPSA) is 50.4 Å². The first-order chi connectivity index (χ1) is 15.7. The summed E-state index contributed by atoms with van der Waals surface area (Å²) < 4.78 is 0. The maximum Gasteiger partial charge on any atom is 0.0935 e. The second-order valence-corrected chi connectivity index (χ2v) is 7.98. The summed E-state index contributed by atoms with van der Waals surface area (Å²) in [5, 5.41) is 3.52. The third-order valence-electron chi connectivity index (χ3n) is 5.67. The van der Waals surface area contributed by atoms with Crippen molar-refractivity contribution in [1.29, 1.82) is 0 Å². The van der Waals surface area contributed by atoms with Crippen LogP contribution < -0.4 is 11.1 Å². The molecule has 3 rings (SSSR count). The van der Waals surface area contributed by atoms with E-state index in [-0.39, 0.29) is 0 Å². The number of hydrogen-bond acceptors (Lipinski definition) is 3. The maximum atomic E-state index is 6.59. The Hall–Kier alpha value is -3.33. The first-order valence-electron chi connectivity index (χ1n) is 11.6. The molecule has 3 N–H and O–H groups in total. The lowest BCUT2D eigenvalue weighted by Gasteiger charge is -2.13. The molecule has 0 aliphatic heterocycles. The zero-order valence-electron chi connectivity index (χ0n) is 19.6. The molecule has 0 aliphatic carbocycles. The zero-order valence-corrected chi connectivity index (χ0v) is 19.6. The fourth-order valence-corrected chi connectivity index (χ4v) is 3.89. The first kappa shape index (κ1) is 23.3. The molecule has 3 nitrogen and oxygen atoms in total. The molecule has 0 bridgehead atoms. The average Bonchev–Trinajstić information content (AvgIpc) is 2.84. The summed E-state index contributed by atoms with van der Waals surface area (Å²) in [5.41, 5.74) is 15.3. The minimum atomic E-state index is 0.697. The van der Waals surface area contributed by atoms with E-state index >= 15 is 0 Å². The van der Waals surface area contributed by atoms with Gasteiger partial charge in [-0.05, 0) is 60.6 Å². The van der Waals surface area contributed by atoms with Gasteiger partial charge in [-0.15, -0.1) is 0 Å². The van der Waals surface area contributed by atoms with Gasteiger partial charge in [-0.2, -0.15) is 0 Å². The van der Waals surface area contributed by atoms with Crippen LogP contribution in [0.1, 0.15) is 55.0 Å². The fraction of sp³-hybridized carbons (Fsp3) is 0.276. The van der Waals surface area contributed by atoms with Gasteiger partial charge in [0.05, 0.1) is 11.4 Å². The summed E-state index contributed by atoms with van der Waals surface area (Å²) in [5.74, 6) is 0. The number of nitrogens with one attached hydrogen (secondary N) is 1. The molecular formula is C29H35N3. The molecule has 0 spiro atoms. The molecule has 0 radical (unpaired) electrons. The monoisotopic (exact) mass is 425 g/mol. The van der Waals surface area contributed by atoms with Crippen molar-refractivity contribution < 1.29 is 0 Å². The SMILES string of the molecule is C/C=N\C(=C(/N)c1ccc(NCCc2ccc(CCC)cc2)cc1)c1ccccc1CC. The van der Waals surface area contributed by atoms with Crippen LogP contribution in [0.25, 0.3) is 11.4 Å². The van der Waals surface area contributed by atoms with Crippen molar-refractivity contribution in [3.8, 4) is 0 Å². The van der Waals surface area contributed by atoms with Crippen LogP contribution in [0.15, 0.2) is 77.8 Å². The standard InChI is InChI=1S/C29H35N3/c1-4-9-22-12-14-23(15-13-22)20-21-32-26-18-16-25(17-19-26)28(30)29(31-6-3)27-11-8-7-10-24(27)5-2/h6-8,10-19,32H,4-5,9,20-21,30H2,1-3H3/b29-28-,31-6-. The highest BCUT2D eigenvalue weighted by atomic mass is 14.9. The van der Waals surface area contributed by atoms with Crippen molar-refractivity contribution in [2.75, 3.05) is 11.9 Å². The van der Waals surface area contributed by atoms with E-state index in [4.69, 9.17) is 5.73 Å². The van der Waals surface area contributed by atoms with Gasteiger partial charge in [0, 0.05) is 24.0 Å². The summed E-state index contributed by atoms with van der Waals surface area (Å²) in [6, 6.07) is 25.6. The lowest BCUT2D eigenvalue weighted by molar-refractivity contribution is 0.918. The van der Waals surface area contributed by atoms with Crippen molar-refractivity contribution >= 4 is 23.3 Å². The highest BCUT2D eigenvalue weighted by molar-refractivity contribution is 5.92. The summed E-state index contributed by atoms with van der Waals surface area (Å²) in [7, 11) is 0. The Morgan fingerprint density at radius 3 is 2.16 bits per heavy atom. The van der Waals surface area contributed by atoms with Crippen molar-refractivity contribution in [3.63, 3.8) is 0 Å². The largest absolute Gasteiger partial charge is 0.396 e. The predicted octanol–water partition coefficient (Wildman–Crippen LogP) is 6.73. The molecule has 0 amide bonds. The van der Waals surface area contributed by atoms with Gasteiger partial charge in [0.1, 0.15) is 0 Å². The lowest BCUT2D eigenvalue weighted by Crippen LogP contribution is -2.06. The van der Waals surface area contributed by atoms with E-state index in [1.165, 1.54) is 23.1 Å². The molecule has 0 aliphatic rings. The lowest BCUT2D eigenvalue weighted by atomic mass is 9.99. The quantitative estimate of drug-likeness (QED) is 0.279. The van der Waals surface area contributed by atoms with Crippen LogP contribution in [0.5, 0.6) is 0 Å². The number of aliphatic imine (C=N–C) groups is 1. The smallest absolute Gasteiger partial charge is 0.0935 e.